The van der Waals surface area contributed by atoms with E-state index in [1.54, 1.807) is 6.07 Å². The second-order valence-electron chi connectivity index (χ2n) is 8.66. The predicted molar refractivity (Wildman–Crippen MR) is 125 cm³/mol. The van der Waals surface area contributed by atoms with E-state index < -0.39 is 16.1 Å². The van der Waals surface area contributed by atoms with Gasteiger partial charge >= 0.3 is 0 Å². The molecule has 2 aromatic rings. The molecule has 0 spiro atoms. The normalized spacial score (nSPS) is 21.1. The smallest absolute Gasteiger partial charge is 0.243 e. The van der Waals surface area contributed by atoms with Crippen molar-refractivity contribution < 1.29 is 22.7 Å². The van der Waals surface area contributed by atoms with Crippen molar-refractivity contribution in [1.82, 2.24) is 4.31 Å². The second-order valence-corrected chi connectivity index (χ2v) is 10.6. The first-order chi connectivity index (χ1) is 16.0. The summed E-state index contributed by atoms with van der Waals surface area (Å²) in [4.78, 5) is 15.5. The minimum Gasteiger partial charge on any atom is -0.486 e. The fourth-order valence-corrected chi connectivity index (χ4v) is 6.42. The third-order valence-electron chi connectivity index (χ3n) is 6.48. The van der Waals surface area contributed by atoms with Crippen LogP contribution in [0.2, 0.25) is 0 Å². The Balaban J connectivity index is 1.29. The van der Waals surface area contributed by atoms with E-state index >= 15 is 0 Å². The van der Waals surface area contributed by atoms with Crippen LogP contribution in [0.1, 0.15) is 32.1 Å². The largest absolute Gasteiger partial charge is 0.486 e. The topological polar surface area (TPSA) is 88.2 Å². The maximum absolute atomic E-state index is 13.4. The van der Waals surface area contributed by atoms with E-state index in [9.17, 15) is 13.2 Å². The number of piperidine rings is 1. The van der Waals surface area contributed by atoms with Gasteiger partial charge in [-0.05, 0) is 68.5 Å². The van der Waals surface area contributed by atoms with Crippen LogP contribution in [0, 0.1) is 0 Å². The summed E-state index contributed by atoms with van der Waals surface area (Å²) in [6, 6.07) is 11.7. The average molecular weight is 472 g/mol. The molecule has 0 saturated carbocycles. The van der Waals surface area contributed by atoms with Crippen molar-refractivity contribution in [3.63, 3.8) is 0 Å². The standard InChI is InChI=1S/C24H29N3O5S/c28-24(25-18-6-8-19(9-7-18)26-12-2-1-3-13-26)21-5-4-14-27(21)33(29,30)20-10-11-22-23(17-20)32-16-15-31-22/h6-11,17,21H,1-5,12-16H2,(H,25,28)/t21-/m0/s1. The van der Waals surface area contributed by atoms with Crippen LogP contribution in [-0.2, 0) is 14.8 Å². The van der Waals surface area contributed by atoms with E-state index in [2.05, 4.69) is 10.2 Å². The van der Waals surface area contributed by atoms with Crippen LogP contribution in [0.5, 0.6) is 11.5 Å². The lowest BCUT2D eigenvalue weighted by Gasteiger charge is -2.29. The van der Waals surface area contributed by atoms with E-state index in [-0.39, 0.29) is 10.8 Å². The number of hydrogen-bond acceptors (Lipinski definition) is 6. The van der Waals surface area contributed by atoms with Gasteiger partial charge in [0.2, 0.25) is 15.9 Å². The van der Waals surface area contributed by atoms with Crippen molar-refractivity contribution in [2.24, 2.45) is 0 Å². The molecule has 33 heavy (non-hydrogen) atoms. The zero-order chi connectivity index (χ0) is 22.8. The lowest BCUT2D eigenvalue weighted by atomic mass is 10.1. The molecule has 3 aliphatic rings. The number of nitrogens with one attached hydrogen (secondary N) is 1. The number of hydrogen-bond donors (Lipinski definition) is 1. The van der Waals surface area contributed by atoms with Gasteiger partial charge in [0.05, 0.1) is 4.90 Å². The van der Waals surface area contributed by atoms with Crippen molar-refractivity contribution in [3.8, 4) is 11.5 Å². The molecule has 1 amide bonds. The molecule has 2 aromatic carbocycles. The SMILES string of the molecule is O=C(Nc1ccc(N2CCCCC2)cc1)[C@@H]1CCCN1S(=O)(=O)c1ccc2c(c1)OCCO2. The van der Waals surface area contributed by atoms with Gasteiger partial charge in [0, 0.05) is 37.1 Å². The lowest BCUT2D eigenvalue weighted by Crippen LogP contribution is -2.43. The number of sulfonamides is 1. The summed E-state index contributed by atoms with van der Waals surface area (Å²) in [5.74, 6) is 0.638. The van der Waals surface area contributed by atoms with Crippen molar-refractivity contribution in [3.05, 3.63) is 42.5 Å². The Morgan fingerprint density at radius 1 is 0.879 bits per heavy atom. The molecule has 1 atom stereocenters. The van der Waals surface area contributed by atoms with Gasteiger partial charge in [-0.3, -0.25) is 4.79 Å². The number of fused-ring (bicyclic) bond motifs is 1. The Morgan fingerprint density at radius 3 is 2.36 bits per heavy atom. The lowest BCUT2D eigenvalue weighted by molar-refractivity contribution is -0.119. The summed E-state index contributed by atoms with van der Waals surface area (Å²) in [6.07, 6.45) is 4.80. The van der Waals surface area contributed by atoms with Crippen molar-refractivity contribution in [2.45, 2.75) is 43.0 Å². The Bertz CT molecular complexity index is 1110. The molecule has 1 N–H and O–H groups in total. The number of rotatable bonds is 5. The maximum Gasteiger partial charge on any atom is 0.243 e. The van der Waals surface area contributed by atoms with E-state index in [1.807, 2.05) is 24.3 Å². The molecule has 2 saturated heterocycles. The van der Waals surface area contributed by atoms with Gasteiger partial charge in [0.15, 0.2) is 11.5 Å². The highest BCUT2D eigenvalue weighted by molar-refractivity contribution is 7.89. The van der Waals surface area contributed by atoms with Crippen LogP contribution in [0.25, 0.3) is 0 Å². The first kappa shape index (κ1) is 22.0. The molecular weight excluding hydrogens is 442 g/mol. The number of carbonyl (C=O) groups is 1. The summed E-state index contributed by atoms with van der Waals surface area (Å²) >= 11 is 0. The summed E-state index contributed by atoms with van der Waals surface area (Å²) in [7, 11) is -3.85. The van der Waals surface area contributed by atoms with Crippen molar-refractivity contribution >= 4 is 27.3 Å². The molecule has 9 heteroatoms. The van der Waals surface area contributed by atoms with E-state index in [1.165, 1.54) is 35.7 Å². The molecule has 176 valence electrons. The summed E-state index contributed by atoms with van der Waals surface area (Å²) in [6.45, 7) is 3.23. The Hall–Kier alpha value is -2.78. The fraction of sp³-hybridized carbons (Fsp3) is 0.458. The first-order valence-electron chi connectivity index (χ1n) is 11.6. The Morgan fingerprint density at radius 2 is 1.61 bits per heavy atom. The van der Waals surface area contributed by atoms with Gasteiger partial charge in [0.1, 0.15) is 19.3 Å². The summed E-state index contributed by atoms with van der Waals surface area (Å²) in [5.41, 5.74) is 1.82. The molecule has 0 radical (unpaired) electrons. The number of nitrogens with zero attached hydrogens (tertiary/aromatic N) is 2. The second kappa shape index (κ2) is 9.23. The van der Waals surface area contributed by atoms with Gasteiger partial charge in [-0.1, -0.05) is 0 Å². The fourth-order valence-electron chi connectivity index (χ4n) is 4.74. The van der Waals surface area contributed by atoms with Crippen molar-refractivity contribution in [2.75, 3.05) is 43.1 Å². The number of amides is 1. The van der Waals surface area contributed by atoms with Crippen molar-refractivity contribution in [1.29, 1.82) is 0 Å². The summed E-state index contributed by atoms with van der Waals surface area (Å²) in [5, 5.41) is 2.91. The molecule has 2 fully saturated rings. The Labute approximate surface area is 194 Å². The van der Waals surface area contributed by atoms with Crippen LogP contribution in [0.4, 0.5) is 11.4 Å². The zero-order valence-corrected chi connectivity index (χ0v) is 19.4. The molecule has 5 rings (SSSR count). The van der Waals surface area contributed by atoms with Crippen LogP contribution in [0.3, 0.4) is 0 Å². The van der Waals surface area contributed by atoms with Gasteiger partial charge in [-0.25, -0.2) is 8.42 Å². The summed E-state index contributed by atoms with van der Waals surface area (Å²) < 4.78 is 39.0. The van der Waals surface area contributed by atoms with Crippen LogP contribution in [-0.4, -0.2) is 57.5 Å². The molecule has 0 unspecified atom stereocenters. The number of benzene rings is 2. The number of carbonyl (C=O) groups excluding carboxylic acids is 1. The molecule has 0 aliphatic carbocycles. The number of ether oxygens (including phenoxy) is 2. The maximum atomic E-state index is 13.4. The highest BCUT2D eigenvalue weighted by Gasteiger charge is 2.40. The van der Waals surface area contributed by atoms with Crippen LogP contribution in [0.15, 0.2) is 47.4 Å². The van der Waals surface area contributed by atoms with E-state index in [0.29, 0.717) is 49.8 Å². The third kappa shape index (κ3) is 4.52. The molecule has 0 aromatic heterocycles. The van der Waals surface area contributed by atoms with Crippen LogP contribution < -0.4 is 19.7 Å². The average Bonchev–Trinajstić information content (AvgIpc) is 3.36. The Kier molecular flexibility index (Phi) is 6.16. The highest BCUT2D eigenvalue weighted by Crippen LogP contribution is 2.35. The molecule has 3 heterocycles. The monoisotopic (exact) mass is 471 g/mol. The third-order valence-corrected chi connectivity index (χ3v) is 8.39. The zero-order valence-electron chi connectivity index (χ0n) is 18.5. The first-order valence-corrected chi connectivity index (χ1v) is 13.0. The minimum atomic E-state index is -3.85. The van der Waals surface area contributed by atoms with E-state index in [4.69, 9.17) is 9.47 Å². The molecule has 3 aliphatic heterocycles. The van der Waals surface area contributed by atoms with E-state index in [0.717, 1.165) is 18.8 Å². The van der Waals surface area contributed by atoms with Gasteiger partial charge < -0.3 is 19.7 Å². The quantitative estimate of drug-likeness (QED) is 0.720. The molecule has 8 nitrogen and oxygen atoms in total. The predicted octanol–water partition coefficient (Wildman–Crippen LogP) is 3.24. The van der Waals surface area contributed by atoms with Crippen LogP contribution >= 0.6 is 0 Å². The van der Waals surface area contributed by atoms with Gasteiger partial charge in [-0.15, -0.1) is 0 Å². The number of anilines is 2. The minimum absolute atomic E-state index is 0.109. The molecular formula is C24H29N3O5S. The molecule has 0 bridgehead atoms. The van der Waals surface area contributed by atoms with Gasteiger partial charge in [0.25, 0.3) is 0 Å². The van der Waals surface area contributed by atoms with Gasteiger partial charge in [-0.2, -0.15) is 4.31 Å². The highest BCUT2D eigenvalue weighted by atomic mass is 32.2.